The van der Waals surface area contributed by atoms with Crippen LogP contribution in [0.4, 0.5) is 11.4 Å². The Balaban J connectivity index is 1.49. The van der Waals surface area contributed by atoms with Gasteiger partial charge in [-0.05, 0) is 45.0 Å². The van der Waals surface area contributed by atoms with E-state index in [4.69, 9.17) is 0 Å². The molecule has 0 saturated carbocycles. The van der Waals surface area contributed by atoms with Crippen LogP contribution in [-0.4, -0.2) is 42.4 Å². The number of benzene rings is 2. The zero-order valence-corrected chi connectivity index (χ0v) is 19.6. The molecule has 0 unspecified atom stereocenters. The number of nitrogens with one attached hydrogen (secondary N) is 2. The Hall–Kier alpha value is -3.92. The van der Waals surface area contributed by atoms with Crippen molar-refractivity contribution in [1.29, 1.82) is 0 Å². The fourth-order valence-electron chi connectivity index (χ4n) is 3.96. The second-order valence-corrected chi connectivity index (χ2v) is 9.79. The lowest BCUT2D eigenvalue weighted by Crippen LogP contribution is -2.60. The van der Waals surface area contributed by atoms with Crippen LogP contribution in [0.2, 0.25) is 0 Å². The van der Waals surface area contributed by atoms with E-state index in [2.05, 4.69) is 20.4 Å². The summed E-state index contributed by atoms with van der Waals surface area (Å²) in [6, 6.07) is 16.6. The van der Waals surface area contributed by atoms with Gasteiger partial charge in [-0.3, -0.25) is 19.3 Å². The van der Waals surface area contributed by atoms with Gasteiger partial charge in [-0.15, -0.1) is 0 Å². The summed E-state index contributed by atoms with van der Waals surface area (Å²) >= 11 is 1.13. The molecule has 2 N–H and O–H groups in total. The number of hydrogen-bond acceptors (Lipinski definition) is 6. The number of carbonyl (C=O) groups excluding carboxylic acids is 2. The van der Waals surface area contributed by atoms with Crippen LogP contribution < -0.4 is 15.8 Å². The number of amides is 2. The van der Waals surface area contributed by atoms with E-state index < -0.39 is 10.8 Å². The molecule has 34 heavy (non-hydrogen) atoms. The Morgan fingerprint density at radius 2 is 1.76 bits per heavy atom. The van der Waals surface area contributed by atoms with Gasteiger partial charge in [0.2, 0.25) is 11.8 Å². The van der Waals surface area contributed by atoms with Crippen LogP contribution in [0.25, 0.3) is 16.7 Å². The Labute approximate surface area is 199 Å². The molecule has 4 aromatic rings. The van der Waals surface area contributed by atoms with Crippen molar-refractivity contribution in [2.75, 3.05) is 10.2 Å². The van der Waals surface area contributed by atoms with Crippen LogP contribution in [0.3, 0.4) is 0 Å². The van der Waals surface area contributed by atoms with Crippen molar-refractivity contribution in [2.24, 2.45) is 0 Å². The lowest BCUT2D eigenvalue weighted by atomic mass is 9.96. The van der Waals surface area contributed by atoms with Crippen molar-refractivity contribution in [3.8, 4) is 5.69 Å². The molecule has 5 rings (SSSR count). The van der Waals surface area contributed by atoms with Crippen LogP contribution in [0.1, 0.15) is 20.8 Å². The molecule has 0 radical (unpaired) electrons. The summed E-state index contributed by atoms with van der Waals surface area (Å²) in [6.07, 6.45) is 1.48. The maximum Gasteiger partial charge on any atom is 0.262 e. The first kappa shape index (κ1) is 21.9. The molecule has 0 bridgehead atoms. The third-order valence-corrected chi connectivity index (χ3v) is 6.75. The van der Waals surface area contributed by atoms with Gasteiger partial charge in [0, 0.05) is 0 Å². The third-order valence-electron chi connectivity index (χ3n) is 5.78. The predicted octanol–water partition coefficient (Wildman–Crippen LogP) is 3.35. The van der Waals surface area contributed by atoms with Crippen molar-refractivity contribution in [3.63, 3.8) is 0 Å². The quantitative estimate of drug-likeness (QED) is 0.346. The Bertz CT molecular complexity index is 1480. The van der Waals surface area contributed by atoms with Gasteiger partial charge in [-0.25, -0.2) is 9.67 Å². The average molecular weight is 475 g/mol. The van der Waals surface area contributed by atoms with Crippen LogP contribution in [-0.2, 0) is 9.59 Å². The van der Waals surface area contributed by atoms with Crippen molar-refractivity contribution in [3.05, 3.63) is 71.1 Å². The highest BCUT2D eigenvalue weighted by atomic mass is 32.2. The predicted molar refractivity (Wildman–Crippen MR) is 131 cm³/mol. The van der Waals surface area contributed by atoms with E-state index in [9.17, 15) is 14.4 Å². The molecule has 9 nitrogen and oxygen atoms in total. The van der Waals surface area contributed by atoms with Gasteiger partial charge < -0.3 is 10.3 Å². The molecule has 0 saturated heterocycles. The zero-order valence-electron chi connectivity index (χ0n) is 18.8. The molecular formula is C24H22N6O3S. The van der Waals surface area contributed by atoms with Gasteiger partial charge in [0.15, 0.2) is 10.8 Å². The van der Waals surface area contributed by atoms with Gasteiger partial charge in [0.25, 0.3) is 5.56 Å². The molecule has 10 heteroatoms. The summed E-state index contributed by atoms with van der Waals surface area (Å²) in [6.45, 7) is 5.15. The molecule has 1 aliphatic rings. The van der Waals surface area contributed by atoms with Crippen molar-refractivity contribution in [2.45, 2.75) is 36.7 Å². The highest BCUT2D eigenvalue weighted by Gasteiger charge is 2.44. The fraction of sp³-hybridized carbons (Fsp3) is 0.208. The summed E-state index contributed by atoms with van der Waals surface area (Å²) < 4.78 is 1.59. The second kappa shape index (κ2) is 8.14. The van der Waals surface area contributed by atoms with Gasteiger partial charge in [-0.1, -0.05) is 42.1 Å². The number of rotatable bonds is 4. The Morgan fingerprint density at radius 1 is 1.06 bits per heavy atom. The first-order valence-electron chi connectivity index (χ1n) is 10.7. The number of carbonyl (C=O) groups is 2. The van der Waals surface area contributed by atoms with E-state index in [0.29, 0.717) is 27.6 Å². The molecule has 2 aromatic heterocycles. The smallest absolute Gasteiger partial charge is 0.262 e. The molecule has 1 atom stereocenters. The van der Waals surface area contributed by atoms with Gasteiger partial charge in [-0.2, -0.15) is 5.10 Å². The molecule has 3 heterocycles. The molecule has 0 fully saturated rings. The van der Waals surface area contributed by atoms with E-state index in [-0.39, 0.29) is 17.4 Å². The second-order valence-electron chi connectivity index (χ2n) is 8.46. The molecular weight excluding hydrogens is 452 g/mol. The average Bonchev–Trinajstić information content (AvgIpc) is 3.24. The third kappa shape index (κ3) is 3.56. The van der Waals surface area contributed by atoms with E-state index in [1.165, 1.54) is 11.1 Å². The molecule has 0 spiro atoms. The number of anilines is 2. The summed E-state index contributed by atoms with van der Waals surface area (Å²) in [5, 5.41) is 7.19. The normalized spacial score (nSPS) is 15.6. The van der Waals surface area contributed by atoms with Crippen LogP contribution in [0.5, 0.6) is 0 Å². The number of aromatic amines is 1. The standard InChI is InChI=1S/C24H22N6O3S/c1-14(21(32)29-18-12-8-7-11-17(18)26-22(33)24(29,2)3)34-23-27-19-16(20(31)28-23)13-25-30(19)15-9-5-4-6-10-15/h4-14H,1-3H3,(H,26,33)(H,27,28,31)/t14-/m1/s1. The molecule has 172 valence electrons. The fourth-order valence-corrected chi connectivity index (χ4v) is 4.79. The molecule has 2 aromatic carbocycles. The minimum atomic E-state index is -1.09. The highest BCUT2D eigenvalue weighted by Crippen LogP contribution is 2.38. The molecule has 1 aliphatic heterocycles. The van der Waals surface area contributed by atoms with E-state index in [1.54, 1.807) is 43.7 Å². The lowest BCUT2D eigenvalue weighted by Gasteiger charge is -2.43. The van der Waals surface area contributed by atoms with Crippen LogP contribution in [0, 0.1) is 0 Å². The summed E-state index contributed by atoms with van der Waals surface area (Å²) in [7, 11) is 0. The van der Waals surface area contributed by atoms with Crippen LogP contribution >= 0.6 is 11.8 Å². The number of fused-ring (bicyclic) bond motifs is 2. The number of hydrogen-bond donors (Lipinski definition) is 2. The summed E-state index contributed by atoms with van der Waals surface area (Å²) in [5.41, 5.74) is 0.961. The number of aromatic nitrogens is 4. The summed E-state index contributed by atoms with van der Waals surface area (Å²) in [5.74, 6) is -0.534. The minimum absolute atomic E-state index is 0.267. The number of para-hydroxylation sites is 3. The number of nitrogens with zero attached hydrogens (tertiary/aromatic N) is 4. The molecule has 2 amide bonds. The SMILES string of the molecule is C[C@@H](Sc1nc2c(cnn2-c2ccccc2)c(=O)[nH]1)C(=O)N1c2ccccc2NC(=O)C1(C)C. The van der Waals surface area contributed by atoms with Crippen LogP contribution in [0.15, 0.2) is 70.7 Å². The largest absolute Gasteiger partial charge is 0.322 e. The lowest BCUT2D eigenvalue weighted by molar-refractivity contribution is -0.126. The monoisotopic (exact) mass is 474 g/mol. The van der Waals surface area contributed by atoms with E-state index >= 15 is 0 Å². The van der Waals surface area contributed by atoms with E-state index in [1.807, 2.05) is 36.4 Å². The van der Waals surface area contributed by atoms with E-state index in [0.717, 1.165) is 17.4 Å². The number of thioether (sulfide) groups is 1. The Morgan fingerprint density at radius 3 is 2.53 bits per heavy atom. The van der Waals surface area contributed by atoms with Crippen molar-refractivity contribution >= 4 is 46.0 Å². The minimum Gasteiger partial charge on any atom is -0.322 e. The Kier molecular flexibility index (Phi) is 5.24. The zero-order chi connectivity index (χ0) is 24.0. The topological polar surface area (TPSA) is 113 Å². The highest BCUT2D eigenvalue weighted by molar-refractivity contribution is 8.00. The van der Waals surface area contributed by atoms with Gasteiger partial charge in [0.05, 0.1) is 28.5 Å². The maximum atomic E-state index is 13.6. The number of H-pyrrole nitrogens is 1. The van der Waals surface area contributed by atoms with Crippen molar-refractivity contribution < 1.29 is 9.59 Å². The molecule has 0 aliphatic carbocycles. The summed E-state index contributed by atoms with van der Waals surface area (Å²) in [4.78, 5) is 47.9. The maximum absolute atomic E-state index is 13.6. The van der Waals surface area contributed by atoms with Crippen molar-refractivity contribution in [1.82, 2.24) is 19.7 Å². The van der Waals surface area contributed by atoms with Gasteiger partial charge in [0.1, 0.15) is 10.9 Å². The van der Waals surface area contributed by atoms with Gasteiger partial charge >= 0.3 is 0 Å². The first-order chi connectivity index (χ1) is 16.3. The first-order valence-corrected chi connectivity index (χ1v) is 11.6.